The average Bonchev–Trinajstić information content (AvgIpc) is 3.35. The Hall–Kier alpha value is -3.45. The van der Waals surface area contributed by atoms with Crippen LogP contribution in [0.25, 0.3) is 0 Å². The molecular weight excluding hydrogens is 549 g/mol. The summed E-state index contributed by atoms with van der Waals surface area (Å²) in [5, 5.41) is 8.56. The van der Waals surface area contributed by atoms with Crippen molar-refractivity contribution >= 4 is 45.6 Å². The third-order valence-corrected chi connectivity index (χ3v) is 5.39. The number of hydrogen-bond donors (Lipinski definition) is 3. The number of hydrazone groups is 1. The van der Waals surface area contributed by atoms with Crippen LogP contribution < -0.4 is 20.8 Å². The largest absolute Gasteiger partial charge is 0.483 e. The fraction of sp³-hybridized carbons (Fsp3) is 0.304. The van der Waals surface area contributed by atoms with Gasteiger partial charge in [0, 0.05) is 28.9 Å². The minimum absolute atomic E-state index is 0.0310. The summed E-state index contributed by atoms with van der Waals surface area (Å²) in [5.74, 6) is -2.31. The predicted octanol–water partition coefficient (Wildman–Crippen LogP) is 3.23. The first-order valence-corrected chi connectivity index (χ1v) is 11.5. The van der Waals surface area contributed by atoms with Crippen LogP contribution >= 0.6 is 15.9 Å². The molecule has 1 heterocycles. The van der Waals surface area contributed by atoms with Crippen LogP contribution in [0.5, 0.6) is 5.75 Å². The van der Waals surface area contributed by atoms with Crippen molar-refractivity contribution < 1.29 is 37.0 Å². The maximum Gasteiger partial charge on any atom is 0.416 e. The lowest BCUT2D eigenvalue weighted by Crippen LogP contribution is -2.41. The molecule has 0 aliphatic carbocycles. The molecule has 0 spiro atoms. The molecule has 0 unspecified atom stereocenters. The summed E-state index contributed by atoms with van der Waals surface area (Å²) in [6, 6.07) is 8.96. The molecule has 0 saturated carbocycles. The highest BCUT2D eigenvalue weighted by molar-refractivity contribution is 9.10. The van der Waals surface area contributed by atoms with Crippen molar-refractivity contribution in [2.75, 3.05) is 25.1 Å². The number of nitrogens with zero attached hydrogens (tertiary/aromatic N) is 1. The van der Waals surface area contributed by atoms with Crippen LogP contribution in [0.1, 0.15) is 24.0 Å². The first kappa shape index (κ1) is 27.1. The van der Waals surface area contributed by atoms with Gasteiger partial charge in [-0.05, 0) is 49.2 Å². The van der Waals surface area contributed by atoms with Gasteiger partial charge in [-0.15, -0.1) is 0 Å². The standard InChI is InChI=1S/C23H22BrF3N4O5/c24-16-6-7-19(36-13-20(32)30-17-4-1-3-15(10-17)23(25,26)27)14(9-16)11-29-31-22(34)21(33)28-12-18-5-2-8-35-18/h1,3-4,6-7,9-11,18H,2,5,8,12-13H2,(H,28,33)(H,30,32)(H,31,34)/b29-11-/t18-/m0/s1. The second-order valence-electron chi connectivity index (χ2n) is 7.64. The topological polar surface area (TPSA) is 118 Å². The number of anilines is 1. The summed E-state index contributed by atoms with van der Waals surface area (Å²) in [7, 11) is 0. The summed E-state index contributed by atoms with van der Waals surface area (Å²) in [6.07, 6.45) is -1.72. The molecule has 3 rings (SSSR count). The van der Waals surface area contributed by atoms with E-state index in [9.17, 15) is 27.6 Å². The molecule has 1 aliphatic heterocycles. The van der Waals surface area contributed by atoms with Gasteiger partial charge < -0.3 is 20.1 Å². The maximum atomic E-state index is 12.8. The van der Waals surface area contributed by atoms with E-state index in [4.69, 9.17) is 9.47 Å². The molecule has 3 amide bonds. The summed E-state index contributed by atoms with van der Waals surface area (Å²) in [6.45, 7) is 0.347. The molecule has 1 aliphatic rings. The average molecular weight is 571 g/mol. The Morgan fingerprint density at radius 2 is 1.97 bits per heavy atom. The van der Waals surface area contributed by atoms with Crippen molar-refractivity contribution in [2.24, 2.45) is 5.10 Å². The summed E-state index contributed by atoms with van der Waals surface area (Å²) in [4.78, 5) is 36.0. The highest BCUT2D eigenvalue weighted by Gasteiger charge is 2.30. The van der Waals surface area contributed by atoms with E-state index in [-0.39, 0.29) is 24.1 Å². The van der Waals surface area contributed by atoms with Gasteiger partial charge in [-0.3, -0.25) is 14.4 Å². The molecule has 2 aromatic carbocycles. The number of halogens is 4. The maximum absolute atomic E-state index is 12.8. The van der Waals surface area contributed by atoms with Gasteiger partial charge in [0.15, 0.2) is 6.61 Å². The number of rotatable bonds is 8. The van der Waals surface area contributed by atoms with Gasteiger partial charge in [0.2, 0.25) is 0 Å². The number of amides is 3. The molecule has 0 aromatic heterocycles. The van der Waals surface area contributed by atoms with Crippen molar-refractivity contribution in [3.8, 4) is 5.75 Å². The lowest BCUT2D eigenvalue weighted by molar-refractivity contribution is -0.139. The molecule has 3 N–H and O–H groups in total. The molecule has 36 heavy (non-hydrogen) atoms. The number of hydrogen-bond acceptors (Lipinski definition) is 6. The Balaban J connectivity index is 1.53. The number of nitrogens with one attached hydrogen (secondary N) is 3. The van der Waals surface area contributed by atoms with Gasteiger partial charge >= 0.3 is 18.0 Å². The van der Waals surface area contributed by atoms with Crippen LogP contribution in [-0.4, -0.2) is 49.8 Å². The minimum Gasteiger partial charge on any atom is -0.483 e. The van der Waals surface area contributed by atoms with Crippen molar-refractivity contribution in [1.29, 1.82) is 0 Å². The molecule has 2 aromatic rings. The van der Waals surface area contributed by atoms with Crippen LogP contribution in [0, 0.1) is 0 Å². The van der Waals surface area contributed by atoms with Crippen LogP contribution in [0.3, 0.4) is 0 Å². The monoisotopic (exact) mass is 570 g/mol. The van der Waals surface area contributed by atoms with Gasteiger partial charge in [-0.1, -0.05) is 22.0 Å². The molecule has 1 saturated heterocycles. The Morgan fingerprint density at radius 3 is 2.69 bits per heavy atom. The van der Waals surface area contributed by atoms with Crippen molar-refractivity contribution in [3.63, 3.8) is 0 Å². The third-order valence-electron chi connectivity index (χ3n) is 4.89. The predicted molar refractivity (Wildman–Crippen MR) is 127 cm³/mol. The van der Waals surface area contributed by atoms with E-state index in [0.29, 0.717) is 16.6 Å². The Labute approximate surface area is 212 Å². The molecule has 0 bridgehead atoms. The van der Waals surface area contributed by atoms with Crippen molar-refractivity contribution in [1.82, 2.24) is 10.7 Å². The molecule has 192 valence electrons. The van der Waals surface area contributed by atoms with Crippen molar-refractivity contribution in [3.05, 3.63) is 58.1 Å². The van der Waals surface area contributed by atoms with Crippen LogP contribution in [0.2, 0.25) is 0 Å². The van der Waals surface area contributed by atoms with E-state index >= 15 is 0 Å². The zero-order valence-corrected chi connectivity index (χ0v) is 20.3. The SMILES string of the molecule is O=C(COc1ccc(Br)cc1/C=N\NC(=O)C(=O)NC[C@@H]1CCCO1)Nc1cccc(C(F)(F)F)c1. The van der Waals surface area contributed by atoms with E-state index in [0.717, 1.165) is 25.0 Å². The Kier molecular flexibility index (Phi) is 9.42. The van der Waals surface area contributed by atoms with Gasteiger partial charge in [0.25, 0.3) is 5.91 Å². The molecule has 1 atom stereocenters. The third kappa shape index (κ3) is 8.34. The zero-order chi connectivity index (χ0) is 26.1. The van der Waals surface area contributed by atoms with E-state index in [1.807, 2.05) is 0 Å². The summed E-state index contributed by atoms with van der Waals surface area (Å²) in [5.41, 5.74) is 1.54. The highest BCUT2D eigenvalue weighted by atomic mass is 79.9. The molecule has 0 radical (unpaired) electrons. The Morgan fingerprint density at radius 1 is 1.17 bits per heavy atom. The van der Waals surface area contributed by atoms with Gasteiger partial charge in [-0.25, -0.2) is 5.43 Å². The smallest absolute Gasteiger partial charge is 0.416 e. The number of carbonyl (C=O) groups excluding carboxylic acids is 3. The first-order chi connectivity index (χ1) is 17.1. The lowest BCUT2D eigenvalue weighted by Gasteiger charge is -2.12. The normalized spacial score (nSPS) is 15.5. The van der Waals surface area contributed by atoms with Gasteiger partial charge in [0.05, 0.1) is 17.9 Å². The molecule has 13 heteroatoms. The fourth-order valence-electron chi connectivity index (χ4n) is 3.17. The van der Waals surface area contributed by atoms with Crippen LogP contribution in [0.15, 0.2) is 52.0 Å². The van der Waals surface area contributed by atoms with Crippen LogP contribution in [0.4, 0.5) is 18.9 Å². The number of alkyl halides is 3. The summed E-state index contributed by atoms with van der Waals surface area (Å²) < 4.78 is 50.0. The number of benzene rings is 2. The minimum atomic E-state index is -4.54. The van der Waals surface area contributed by atoms with Crippen LogP contribution in [-0.2, 0) is 25.3 Å². The summed E-state index contributed by atoms with van der Waals surface area (Å²) >= 11 is 3.29. The second-order valence-corrected chi connectivity index (χ2v) is 8.56. The van der Waals surface area contributed by atoms with Gasteiger partial charge in [0.1, 0.15) is 5.75 Å². The number of carbonyl (C=O) groups is 3. The lowest BCUT2D eigenvalue weighted by atomic mass is 10.2. The molecule has 9 nitrogen and oxygen atoms in total. The Bertz CT molecular complexity index is 1140. The van der Waals surface area contributed by atoms with E-state index in [1.54, 1.807) is 12.1 Å². The molecule has 1 fully saturated rings. The quantitative estimate of drug-likeness (QED) is 0.256. The highest BCUT2D eigenvalue weighted by Crippen LogP contribution is 2.30. The van der Waals surface area contributed by atoms with E-state index in [1.165, 1.54) is 24.4 Å². The van der Waals surface area contributed by atoms with E-state index in [2.05, 4.69) is 37.1 Å². The first-order valence-electron chi connectivity index (χ1n) is 10.7. The fourth-order valence-corrected chi connectivity index (χ4v) is 3.55. The number of ether oxygens (including phenoxy) is 2. The van der Waals surface area contributed by atoms with Crippen molar-refractivity contribution in [2.45, 2.75) is 25.1 Å². The van der Waals surface area contributed by atoms with Gasteiger partial charge in [-0.2, -0.15) is 18.3 Å². The zero-order valence-electron chi connectivity index (χ0n) is 18.7. The van der Waals surface area contributed by atoms with E-state index < -0.39 is 36.1 Å². The second kappa shape index (κ2) is 12.5. The molecular formula is C23H22BrF3N4O5.